The van der Waals surface area contributed by atoms with Crippen molar-refractivity contribution in [3.05, 3.63) is 23.4 Å². The fourth-order valence-electron chi connectivity index (χ4n) is 2.46. The molecule has 2 heterocycles. The van der Waals surface area contributed by atoms with Gasteiger partial charge in [0.2, 0.25) is 0 Å². The smallest absolute Gasteiger partial charge is 0.434 e. The average molecular weight is 375 g/mol. The van der Waals surface area contributed by atoms with Gasteiger partial charge in [-0.3, -0.25) is 0 Å². The van der Waals surface area contributed by atoms with E-state index in [1.54, 1.807) is 25.7 Å². The molecule has 0 radical (unpaired) electrons. The zero-order chi connectivity index (χ0) is 19.7. The highest BCUT2D eigenvalue weighted by molar-refractivity contribution is 5.89. The summed E-state index contributed by atoms with van der Waals surface area (Å²) >= 11 is 0. The van der Waals surface area contributed by atoms with Gasteiger partial charge in [-0.25, -0.2) is 14.6 Å². The Bertz CT molecular complexity index is 693. The number of hydrogen-bond acceptors (Lipinski definition) is 5. The predicted octanol–water partition coefficient (Wildman–Crippen LogP) is 2.86. The fourth-order valence-corrected chi connectivity index (χ4v) is 2.46. The Kier molecular flexibility index (Phi) is 5.33. The van der Waals surface area contributed by atoms with Gasteiger partial charge in [-0.2, -0.15) is 13.2 Å². The van der Waals surface area contributed by atoms with Gasteiger partial charge in [0.15, 0.2) is 5.69 Å². The zero-order valence-electron chi connectivity index (χ0n) is 14.6. The van der Waals surface area contributed by atoms with Crippen LogP contribution in [0.15, 0.2) is 12.1 Å². The van der Waals surface area contributed by atoms with Crippen molar-refractivity contribution in [2.24, 2.45) is 0 Å². The second-order valence-electron chi connectivity index (χ2n) is 6.82. The standard InChI is InChI=1S/C16H20F3N3O4/c1-15(2,3)26-14(25)22-8-6-21(7-9-22)11-5-4-10(13(23)24)12(20-11)16(17,18)19/h4-5H,6-9H2,1-3H3,(H,23,24). The van der Waals surface area contributed by atoms with Gasteiger partial charge < -0.3 is 19.6 Å². The first-order valence-corrected chi connectivity index (χ1v) is 7.93. The number of anilines is 1. The molecular weight excluding hydrogens is 355 g/mol. The van der Waals surface area contributed by atoms with Crippen LogP contribution in [0.3, 0.4) is 0 Å². The number of carbonyl (C=O) groups excluding carboxylic acids is 1. The minimum atomic E-state index is -4.87. The molecule has 0 aromatic carbocycles. The monoisotopic (exact) mass is 375 g/mol. The summed E-state index contributed by atoms with van der Waals surface area (Å²) in [6.45, 7) is 6.28. The number of piperazine rings is 1. The van der Waals surface area contributed by atoms with E-state index in [2.05, 4.69) is 4.98 Å². The number of carbonyl (C=O) groups is 2. The molecule has 1 fully saturated rings. The molecule has 0 bridgehead atoms. The molecule has 0 saturated carbocycles. The Morgan fingerprint density at radius 1 is 1.12 bits per heavy atom. The number of pyridine rings is 1. The minimum Gasteiger partial charge on any atom is -0.478 e. The van der Waals surface area contributed by atoms with Crippen molar-refractivity contribution in [2.45, 2.75) is 32.5 Å². The van der Waals surface area contributed by atoms with Crippen LogP contribution in [0.4, 0.5) is 23.8 Å². The molecule has 0 aliphatic carbocycles. The summed E-state index contributed by atoms with van der Waals surface area (Å²) < 4.78 is 44.5. The van der Waals surface area contributed by atoms with E-state index in [0.717, 1.165) is 6.07 Å². The van der Waals surface area contributed by atoms with Gasteiger partial charge in [-0.05, 0) is 32.9 Å². The van der Waals surface area contributed by atoms with E-state index in [-0.39, 0.29) is 32.0 Å². The SMILES string of the molecule is CC(C)(C)OC(=O)N1CCN(c2ccc(C(=O)O)c(C(F)(F)F)n2)CC1. The molecule has 1 aromatic heterocycles. The number of alkyl halides is 3. The highest BCUT2D eigenvalue weighted by Crippen LogP contribution is 2.32. The van der Waals surface area contributed by atoms with Crippen LogP contribution in [-0.4, -0.2) is 58.8 Å². The van der Waals surface area contributed by atoms with Crippen molar-refractivity contribution < 1.29 is 32.6 Å². The van der Waals surface area contributed by atoms with E-state index >= 15 is 0 Å². The maximum atomic E-state index is 13.1. The van der Waals surface area contributed by atoms with E-state index in [9.17, 15) is 22.8 Å². The molecule has 1 aliphatic rings. The molecule has 2 rings (SSSR count). The first kappa shape index (κ1) is 19.8. The number of aromatic carboxylic acids is 1. The van der Waals surface area contributed by atoms with E-state index in [1.165, 1.54) is 11.0 Å². The number of aromatic nitrogens is 1. The minimum absolute atomic E-state index is 0.0196. The lowest BCUT2D eigenvalue weighted by molar-refractivity contribution is -0.141. The summed E-state index contributed by atoms with van der Waals surface area (Å²) in [6.07, 6.45) is -5.36. The largest absolute Gasteiger partial charge is 0.478 e. The van der Waals surface area contributed by atoms with Gasteiger partial charge in [0.1, 0.15) is 11.4 Å². The van der Waals surface area contributed by atoms with Crippen molar-refractivity contribution >= 4 is 17.9 Å². The lowest BCUT2D eigenvalue weighted by Gasteiger charge is -2.36. The van der Waals surface area contributed by atoms with Gasteiger partial charge in [0.25, 0.3) is 0 Å². The van der Waals surface area contributed by atoms with E-state index in [1.807, 2.05) is 0 Å². The number of nitrogens with zero attached hydrogens (tertiary/aromatic N) is 3. The number of amides is 1. The van der Waals surface area contributed by atoms with Crippen LogP contribution in [0.2, 0.25) is 0 Å². The fraction of sp³-hybridized carbons (Fsp3) is 0.562. The van der Waals surface area contributed by atoms with Gasteiger partial charge in [0.05, 0.1) is 5.56 Å². The molecule has 144 valence electrons. The van der Waals surface area contributed by atoms with Crippen molar-refractivity contribution in [3.8, 4) is 0 Å². The van der Waals surface area contributed by atoms with Gasteiger partial charge in [-0.1, -0.05) is 0 Å². The summed E-state index contributed by atoms with van der Waals surface area (Å²) in [5.74, 6) is -1.67. The summed E-state index contributed by atoms with van der Waals surface area (Å²) in [5.41, 5.74) is -2.96. The average Bonchev–Trinajstić information content (AvgIpc) is 2.52. The number of carboxylic acid groups (broad SMARTS) is 1. The molecule has 10 heteroatoms. The predicted molar refractivity (Wildman–Crippen MR) is 86.2 cm³/mol. The second kappa shape index (κ2) is 7.00. The third kappa shape index (κ3) is 4.77. The number of carboxylic acids is 1. The summed E-state index contributed by atoms with van der Waals surface area (Å²) in [6, 6.07) is 2.13. The Morgan fingerprint density at radius 3 is 2.15 bits per heavy atom. The molecule has 0 unspecified atom stereocenters. The van der Waals surface area contributed by atoms with Crippen LogP contribution in [0.25, 0.3) is 0 Å². The van der Waals surface area contributed by atoms with Crippen LogP contribution in [0.5, 0.6) is 0 Å². The molecule has 1 amide bonds. The van der Waals surface area contributed by atoms with Crippen LogP contribution >= 0.6 is 0 Å². The van der Waals surface area contributed by atoms with Crippen molar-refractivity contribution in [3.63, 3.8) is 0 Å². The van der Waals surface area contributed by atoms with Crippen molar-refractivity contribution in [1.82, 2.24) is 9.88 Å². The van der Waals surface area contributed by atoms with Gasteiger partial charge in [-0.15, -0.1) is 0 Å². The van der Waals surface area contributed by atoms with Crippen molar-refractivity contribution in [2.75, 3.05) is 31.1 Å². The normalized spacial score (nSPS) is 15.8. The second-order valence-corrected chi connectivity index (χ2v) is 6.82. The van der Waals surface area contributed by atoms with Gasteiger partial charge >= 0.3 is 18.2 Å². The summed E-state index contributed by atoms with van der Waals surface area (Å²) in [7, 11) is 0. The Labute approximate surface area is 148 Å². The van der Waals surface area contributed by atoms with Gasteiger partial charge in [0, 0.05) is 26.2 Å². The number of ether oxygens (including phenoxy) is 1. The molecule has 1 N–H and O–H groups in total. The third-order valence-electron chi connectivity index (χ3n) is 3.63. The Hall–Kier alpha value is -2.52. The number of halogens is 3. The molecular formula is C16H20F3N3O4. The molecule has 1 aliphatic heterocycles. The number of hydrogen-bond donors (Lipinski definition) is 1. The molecule has 0 spiro atoms. The van der Waals surface area contributed by atoms with Crippen LogP contribution < -0.4 is 4.90 Å². The lowest BCUT2D eigenvalue weighted by Crippen LogP contribution is -2.50. The maximum Gasteiger partial charge on any atom is 0.434 e. The summed E-state index contributed by atoms with van der Waals surface area (Å²) in [4.78, 5) is 29.5. The first-order chi connectivity index (χ1) is 11.9. The van der Waals surface area contributed by atoms with E-state index < -0.39 is 35.1 Å². The molecule has 1 saturated heterocycles. The maximum absolute atomic E-state index is 13.1. The topological polar surface area (TPSA) is 83.0 Å². The zero-order valence-corrected chi connectivity index (χ0v) is 14.6. The quantitative estimate of drug-likeness (QED) is 0.856. The molecule has 0 atom stereocenters. The highest BCUT2D eigenvalue weighted by Gasteiger charge is 2.38. The van der Waals surface area contributed by atoms with Crippen LogP contribution in [0.1, 0.15) is 36.8 Å². The van der Waals surface area contributed by atoms with E-state index in [4.69, 9.17) is 9.84 Å². The third-order valence-corrected chi connectivity index (χ3v) is 3.63. The molecule has 7 nitrogen and oxygen atoms in total. The number of rotatable bonds is 2. The van der Waals surface area contributed by atoms with E-state index in [0.29, 0.717) is 0 Å². The highest BCUT2D eigenvalue weighted by atomic mass is 19.4. The Balaban J connectivity index is 2.12. The Morgan fingerprint density at radius 2 is 1.69 bits per heavy atom. The van der Waals surface area contributed by atoms with Crippen LogP contribution in [0, 0.1) is 0 Å². The van der Waals surface area contributed by atoms with Crippen LogP contribution in [-0.2, 0) is 10.9 Å². The molecule has 26 heavy (non-hydrogen) atoms. The summed E-state index contributed by atoms with van der Waals surface area (Å²) in [5, 5.41) is 8.91. The van der Waals surface area contributed by atoms with Crippen molar-refractivity contribution in [1.29, 1.82) is 0 Å². The lowest BCUT2D eigenvalue weighted by atomic mass is 10.1. The molecule has 1 aromatic rings. The first-order valence-electron chi connectivity index (χ1n) is 7.93.